The minimum atomic E-state index is 0.406. The summed E-state index contributed by atoms with van der Waals surface area (Å²) in [5.74, 6) is 3.77. The largest absolute Gasteiger partial charge is 0.493 e. The Labute approximate surface area is 137 Å². The quantitative estimate of drug-likeness (QED) is 0.645. The van der Waals surface area contributed by atoms with Crippen LogP contribution >= 0.6 is 23.4 Å². The van der Waals surface area contributed by atoms with Crippen molar-refractivity contribution in [2.75, 3.05) is 25.2 Å². The first kappa shape index (κ1) is 18.5. The van der Waals surface area contributed by atoms with E-state index < -0.39 is 0 Å². The van der Waals surface area contributed by atoms with E-state index in [0.717, 1.165) is 29.2 Å². The molecule has 0 aliphatic heterocycles. The van der Waals surface area contributed by atoms with Gasteiger partial charge in [-0.25, -0.2) is 0 Å². The Kier molecular flexibility index (Phi) is 8.97. The summed E-state index contributed by atoms with van der Waals surface area (Å²) in [4.78, 5) is 0. The summed E-state index contributed by atoms with van der Waals surface area (Å²) in [6.45, 7) is 7.81. The number of halogens is 1. The van der Waals surface area contributed by atoms with Crippen molar-refractivity contribution in [3.63, 3.8) is 0 Å². The molecule has 0 amide bonds. The Balaban J connectivity index is 2.76. The third kappa shape index (κ3) is 6.81. The molecule has 0 heterocycles. The minimum Gasteiger partial charge on any atom is -0.493 e. The first-order valence-corrected chi connectivity index (χ1v) is 8.92. The van der Waals surface area contributed by atoms with E-state index >= 15 is 0 Å². The van der Waals surface area contributed by atoms with E-state index in [1.54, 1.807) is 13.2 Å². The Morgan fingerprint density at radius 2 is 2.10 bits per heavy atom. The molecular weight excluding hydrogens is 306 g/mol. The van der Waals surface area contributed by atoms with Crippen molar-refractivity contribution in [3.05, 3.63) is 22.7 Å². The van der Waals surface area contributed by atoms with Gasteiger partial charge in [0.25, 0.3) is 0 Å². The molecule has 0 atom stereocenters. The van der Waals surface area contributed by atoms with Crippen molar-refractivity contribution in [2.45, 2.75) is 39.8 Å². The first-order valence-electron chi connectivity index (χ1n) is 7.38. The summed E-state index contributed by atoms with van der Waals surface area (Å²) < 4.78 is 11.4. The van der Waals surface area contributed by atoms with Crippen molar-refractivity contribution in [3.8, 4) is 11.5 Å². The maximum absolute atomic E-state index is 6.15. The fourth-order valence-electron chi connectivity index (χ4n) is 1.86. The molecule has 1 aromatic carbocycles. The topological polar surface area (TPSA) is 30.5 Å². The number of thioether (sulfide) groups is 1. The molecule has 1 rings (SSSR count). The Bertz CT molecular complexity index is 427. The predicted molar refractivity (Wildman–Crippen MR) is 93.1 cm³/mol. The Hall–Kier alpha value is -0.580. The van der Waals surface area contributed by atoms with E-state index in [0.29, 0.717) is 30.0 Å². The molecule has 0 radical (unpaired) electrons. The van der Waals surface area contributed by atoms with Crippen LogP contribution in [0.5, 0.6) is 11.5 Å². The number of nitrogens with one attached hydrogen (secondary N) is 1. The molecule has 21 heavy (non-hydrogen) atoms. The second kappa shape index (κ2) is 10.2. The lowest BCUT2D eigenvalue weighted by Gasteiger charge is -2.17. The molecule has 1 N–H and O–H groups in total. The summed E-state index contributed by atoms with van der Waals surface area (Å²) in [7, 11) is 1.64. The molecular formula is C16H26ClNO2S. The second-order valence-corrected chi connectivity index (χ2v) is 6.86. The van der Waals surface area contributed by atoms with Gasteiger partial charge in [-0.3, -0.25) is 0 Å². The maximum Gasteiger partial charge on any atom is 0.165 e. The maximum atomic E-state index is 6.15. The van der Waals surface area contributed by atoms with Crippen LogP contribution < -0.4 is 14.8 Å². The average Bonchev–Trinajstić information content (AvgIpc) is 2.45. The highest BCUT2D eigenvalue weighted by Crippen LogP contribution is 2.35. The Morgan fingerprint density at radius 1 is 1.33 bits per heavy atom. The molecule has 0 aromatic heterocycles. The van der Waals surface area contributed by atoms with E-state index in [-0.39, 0.29) is 0 Å². The first-order chi connectivity index (χ1) is 10.1. The third-order valence-corrected chi connectivity index (χ3v) is 4.10. The van der Waals surface area contributed by atoms with Gasteiger partial charge in [-0.1, -0.05) is 32.4 Å². The molecule has 5 heteroatoms. The molecule has 1 aromatic rings. The number of benzene rings is 1. The fraction of sp³-hybridized carbons (Fsp3) is 0.625. The van der Waals surface area contributed by atoms with E-state index in [4.69, 9.17) is 21.1 Å². The zero-order valence-electron chi connectivity index (χ0n) is 13.4. The molecule has 120 valence electrons. The molecule has 0 aliphatic rings. The fourth-order valence-corrected chi connectivity index (χ4v) is 2.70. The van der Waals surface area contributed by atoms with Crippen LogP contribution in [0.4, 0.5) is 0 Å². The predicted octanol–water partition coefficient (Wildman–Crippen LogP) is 4.37. The van der Waals surface area contributed by atoms with Crippen molar-refractivity contribution >= 4 is 23.4 Å². The number of hydrogen-bond acceptors (Lipinski definition) is 4. The average molecular weight is 332 g/mol. The van der Waals surface area contributed by atoms with E-state index in [1.165, 1.54) is 0 Å². The SMILES string of the molecule is CCSCCCOc1c(CNC(C)C)cc(Cl)cc1OC. The van der Waals surface area contributed by atoms with Crippen molar-refractivity contribution in [1.29, 1.82) is 0 Å². The standard InChI is InChI=1S/C16H26ClNO2S/c1-5-21-8-6-7-20-16-13(11-18-12(2)3)9-14(17)10-15(16)19-4/h9-10,12,18H,5-8,11H2,1-4H3. The van der Waals surface area contributed by atoms with Gasteiger partial charge in [0.05, 0.1) is 13.7 Å². The summed E-state index contributed by atoms with van der Waals surface area (Å²) in [5.41, 5.74) is 1.04. The number of methoxy groups -OCH3 is 1. The van der Waals surface area contributed by atoms with E-state index in [9.17, 15) is 0 Å². The summed E-state index contributed by atoms with van der Waals surface area (Å²) in [6.07, 6.45) is 1.03. The van der Waals surface area contributed by atoms with Gasteiger partial charge in [0.15, 0.2) is 11.5 Å². The van der Waals surface area contributed by atoms with Gasteiger partial charge in [-0.2, -0.15) is 11.8 Å². The van der Waals surface area contributed by atoms with E-state index in [1.807, 2.05) is 17.8 Å². The highest BCUT2D eigenvalue weighted by atomic mass is 35.5. The van der Waals surface area contributed by atoms with Crippen LogP contribution in [0.1, 0.15) is 32.8 Å². The van der Waals surface area contributed by atoms with Gasteiger partial charge >= 0.3 is 0 Å². The zero-order chi connectivity index (χ0) is 15.7. The molecule has 0 fully saturated rings. The van der Waals surface area contributed by atoms with Crippen LogP contribution in [-0.2, 0) is 6.54 Å². The van der Waals surface area contributed by atoms with Crippen molar-refractivity contribution in [2.24, 2.45) is 0 Å². The zero-order valence-corrected chi connectivity index (χ0v) is 14.9. The van der Waals surface area contributed by atoms with Gasteiger partial charge in [0.1, 0.15) is 0 Å². The van der Waals surface area contributed by atoms with Gasteiger partial charge < -0.3 is 14.8 Å². The molecule has 0 spiro atoms. The lowest BCUT2D eigenvalue weighted by molar-refractivity contribution is 0.291. The second-order valence-electron chi connectivity index (χ2n) is 5.03. The van der Waals surface area contributed by atoms with Gasteiger partial charge in [-0.05, 0) is 24.0 Å². The smallest absolute Gasteiger partial charge is 0.165 e. The van der Waals surface area contributed by atoms with Crippen molar-refractivity contribution in [1.82, 2.24) is 5.32 Å². The molecule has 3 nitrogen and oxygen atoms in total. The molecule has 0 unspecified atom stereocenters. The Morgan fingerprint density at radius 3 is 2.71 bits per heavy atom. The highest BCUT2D eigenvalue weighted by molar-refractivity contribution is 7.99. The van der Waals surface area contributed by atoms with Crippen molar-refractivity contribution < 1.29 is 9.47 Å². The van der Waals surface area contributed by atoms with Crippen LogP contribution in [0.2, 0.25) is 5.02 Å². The lowest BCUT2D eigenvalue weighted by Crippen LogP contribution is -2.22. The lowest BCUT2D eigenvalue weighted by atomic mass is 10.1. The van der Waals surface area contributed by atoms with Crippen LogP contribution in [-0.4, -0.2) is 31.3 Å². The summed E-state index contributed by atoms with van der Waals surface area (Å²) in [6, 6.07) is 4.15. The van der Waals surface area contributed by atoms with Gasteiger partial charge in [0, 0.05) is 29.2 Å². The molecule has 0 saturated carbocycles. The molecule has 0 saturated heterocycles. The van der Waals surface area contributed by atoms with Crippen LogP contribution in [0.3, 0.4) is 0 Å². The highest BCUT2D eigenvalue weighted by Gasteiger charge is 2.13. The van der Waals surface area contributed by atoms with Gasteiger partial charge in [0.2, 0.25) is 0 Å². The van der Waals surface area contributed by atoms with Crippen LogP contribution in [0.15, 0.2) is 12.1 Å². The summed E-state index contributed by atoms with van der Waals surface area (Å²) >= 11 is 8.08. The van der Waals surface area contributed by atoms with Crippen LogP contribution in [0.25, 0.3) is 0 Å². The number of rotatable bonds is 10. The minimum absolute atomic E-state index is 0.406. The van der Waals surface area contributed by atoms with E-state index in [2.05, 4.69) is 26.1 Å². The third-order valence-electron chi connectivity index (χ3n) is 2.90. The van der Waals surface area contributed by atoms with Gasteiger partial charge in [-0.15, -0.1) is 0 Å². The normalized spacial score (nSPS) is 11.0. The van der Waals surface area contributed by atoms with Crippen LogP contribution in [0, 0.1) is 0 Å². The number of ether oxygens (including phenoxy) is 2. The number of hydrogen-bond donors (Lipinski definition) is 1. The molecule has 0 aliphatic carbocycles. The monoisotopic (exact) mass is 331 g/mol. The molecule has 0 bridgehead atoms. The summed E-state index contributed by atoms with van der Waals surface area (Å²) in [5, 5.41) is 4.06.